The Balaban J connectivity index is 1.19. The van der Waals surface area contributed by atoms with Gasteiger partial charge in [0.25, 0.3) is 0 Å². The highest BCUT2D eigenvalue weighted by Crippen LogP contribution is 2.45. The van der Waals surface area contributed by atoms with Crippen molar-refractivity contribution in [3.63, 3.8) is 0 Å². The second-order valence-electron chi connectivity index (χ2n) is 10.5. The molecule has 3 N–H and O–H groups in total. The van der Waals surface area contributed by atoms with Crippen LogP contribution < -0.4 is 20.3 Å². The first-order valence-electron chi connectivity index (χ1n) is 12.6. The van der Waals surface area contributed by atoms with E-state index in [0.29, 0.717) is 24.3 Å². The lowest BCUT2D eigenvalue weighted by Gasteiger charge is -2.41. The molecule has 0 unspecified atom stereocenters. The maximum Gasteiger partial charge on any atom is 0.175 e. The molecular formula is C25H34N6O3S. The van der Waals surface area contributed by atoms with Crippen LogP contribution >= 0.6 is 11.8 Å². The van der Waals surface area contributed by atoms with Crippen LogP contribution in [0.3, 0.4) is 0 Å². The van der Waals surface area contributed by atoms with Crippen LogP contribution in [0, 0.1) is 11.3 Å². The van der Waals surface area contributed by atoms with Gasteiger partial charge in [0.15, 0.2) is 17.4 Å². The predicted octanol–water partition coefficient (Wildman–Crippen LogP) is 2.45. The number of nitrogens with two attached hydrogens (primary N) is 1. The third kappa shape index (κ3) is 4.04. The molecule has 2 aromatic heterocycles. The van der Waals surface area contributed by atoms with E-state index in [1.807, 2.05) is 12.3 Å². The van der Waals surface area contributed by atoms with Crippen LogP contribution in [0.5, 0.6) is 5.75 Å². The lowest BCUT2D eigenvalue weighted by molar-refractivity contribution is 0.0973. The fourth-order valence-electron chi connectivity index (χ4n) is 6.16. The zero-order valence-electron chi connectivity index (χ0n) is 20.4. The largest absolute Gasteiger partial charge is 0.486 e. The lowest BCUT2D eigenvalue weighted by Crippen LogP contribution is -2.51. The molecule has 6 rings (SSSR count). The first-order valence-corrected chi connectivity index (χ1v) is 13.4. The average molecular weight is 499 g/mol. The van der Waals surface area contributed by atoms with Crippen LogP contribution in [0.15, 0.2) is 28.4 Å². The Hall–Kier alpha value is -2.14. The molecule has 6 heterocycles. The molecule has 35 heavy (non-hydrogen) atoms. The molecule has 4 aliphatic heterocycles. The van der Waals surface area contributed by atoms with Crippen LogP contribution in [-0.4, -0.2) is 71.1 Å². The van der Waals surface area contributed by atoms with E-state index in [1.54, 1.807) is 6.20 Å². The van der Waals surface area contributed by atoms with E-state index >= 15 is 0 Å². The standard InChI is InChI=1S/C25H34N6O3S/c1-15-9-17-13-33-21-19(3-6-27-24(21)31(17)11-15)35-20-10-28-23(18(12-32)29-20)30-7-4-25(5-8-30)14-34-16(2)22(25)26/h3,6,10,15-17,22,32H,4-5,7-9,11-14,26H2,1-2H3/t15-,16-,17-,22+/m0/s1. The fraction of sp³-hybridized carbons (Fsp3) is 0.640. The molecule has 3 fully saturated rings. The Morgan fingerprint density at radius 2 is 2.06 bits per heavy atom. The number of hydrogen-bond donors (Lipinski definition) is 2. The molecule has 1 spiro atoms. The number of aliphatic hydroxyl groups excluding tert-OH is 1. The number of rotatable bonds is 4. The molecule has 0 amide bonds. The van der Waals surface area contributed by atoms with Gasteiger partial charge in [-0.1, -0.05) is 18.7 Å². The maximum absolute atomic E-state index is 10.1. The molecule has 0 bridgehead atoms. The van der Waals surface area contributed by atoms with E-state index in [-0.39, 0.29) is 24.2 Å². The summed E-state index contributed by atoms with van der Waals surface area (Å²) in [6, 6.07) is 2.44. The smallest absolute Gasteiger partial charge is 0.175 e. The van der Waals surface area contributed by atoms with Crippen molar-refractivity contribution in [3.05, 3.63) is 24.2 Å². The van der Waals surface area contributed by atoms with E-state index < -0.39 is 0 Å². The zero-order chi connectivity index (χ0) is 24.2. The van der Waals surface area contributed by atoms with Gasteiger partial charge in [-0.15, -0.1) is 0 Å². The third-order valence-electron chi connectivity index (χ3n) is 8.24. The van der Waals surface area contributed by atoms with Crippen LogP contribution in [0.4, 0.5) is 11.6 Å². The van der Waals surface area contributed by atoms with Gasteiger partial charge in [-0.2, -0.15) is 0 Å². The second-order valence-corrected chi connectivity index (χ2v) is 11.6. The summed E-state index contributed by atoms with van der Waals surface area (Å²) in [7, 11) is 0. The molecule has 10 heteroatoms. The Labute approximate surface area is 210 Å². The van der Waals surface area contributed by atoms with Crippen molar-refractivity contribution in [2.45, 2.75) is 67.8 Å². The number of nitrogens with zero attached hydrogens (tertiary/aromatic N) is 5. The number of anilines is 2. The number of hydrogen-bond acceptors (Lipinski definition) is 10. The lowest BCUT2D eigenvalue weighted by atomic mass is 9.73. The first kappa shape index (κ1) is 23.3. The van der Waals surface area contributed by atoms with Gasteiger partial charge >= 0.3 is 0 Å². The molecule has 0 aromatic carbocycles. The highest BCUT2D eigenvalue weighted by atomic mass is 32.2. The average Bonchev–Trinajstić information content (AvgIpc) is 3.39. The monoisotopic (exact) mass is 498 g/mol. The van der Waals surface area contributed by atoms with Crippen molar-refractivity contribution in [2.75, 3.05) is 42.6 Å². The van der Waals surface area contributed by atoms with E-state index in [0.717, 1.165) is 72.8 Å². The van der Waals surface area contributed by atoms with Gasteiger partial charge in [0, 0.05) is 37.3 Å². The Kier molecular flexibility index (Phi) is 6.03. The SMILES string of the molecule is C[C@H]1C[C@H]2COc3c(Sc4cnc(N5CCC6(CC5)CO[C@@H](C)[C@H]6N)c(CO)n4)ccnc3N2C1. The van der Waals surface area contributed by atoms with E-state index in [1.165, 1.54) is 11.8 Å². The Morgan fingerprint density at radius 1 is 1.23 bits per heavy atom. The van der Waals surface area contributed by atoms with Crippen LogP contribution in [0.2, 0.25) is 0 Å². The van der Waals surface area contributed by atoms with Crippen LogP contribution in [0.1, 0.15) is 38.8 Å². The molecule has 0 radical (unpaired) electrons. The van der Waals surface area contributed by atoms with E-state index in [4.69, 9.17) is 25.2 Å². The van der Waals surface area contributed by atoms with Gasteiger partial charge in [0.2, 0.25) is 0 Å². The van der Waals surface area contributed by atoms with Gasteiger partial charge in [0.1, 0.15) is 17.3 Å². The van der Waals surface area contributed by atoms with Crippen molar-refractivity contribution >= 4 is 23.4 Å². The van der Waals surface area contributed by atoms with Gasteiger partial charge in [-0.3, -0.25) is 0 Å². The quantitative estimate of drug-likeness (QED) is 0.652. The number of aliphatic hydroxyl groups is 1. The molecule has 4 aliphatic rings. The fourth-order valence-corrected chi connectivity index (χ4v) is 7.02. The van der Waals surface area contributed by atoms with Gasteiger partial charge in [-0.25, -0.2) is 15.0 Å². The minimum Gasteiger partial charge on any atom is -0.486 e. The minimum atomic E-state index is -0.156. The number of fused-ring (bicyclic) bond motifs is 3. The normalized spacial score (nSPS) is 29.3. The molecule has 0 saturated carbocycles. The van der Waals surface area contributed by atoms with E-state index in [9.17, 15) is 5.11 Å². The molecule has 9 nitrogen and oxygen atoms in total. The minimum absolute atomic E-state index is 0.0467. The molecule has 2 aromatic rings. The second kappa shape index (κ2) is 9.06. The molecule has 3 saturated heterocycles. The number of piperidine rings is 1. The van der Waals surface area contributed by atoms with Gasteiger partial charge in [0.05, 0.1) is 36.5 Å². The summed E-state index contributed by atoms with van der Waals surface area (Å²) >= 11 is 1.51. The van der Waals surface area contributed by atoms with Gasteiger partial charge < -0.3 is 30.1 Å². The highest BCUT2D eigenvalue weighted by molar-refractivity contribution is 7.99. The predicted molar refractivity (Wildman–Crippen MR) is 134 cm³/mol. The topological polar surface area (TPSA) is 110 Å². The van der Waals surface area contributed by atoms with Crippen molar-refractivity contribution in [1.29, 1.82) is 0 Å². The summed E-state index contributed by atoms with van der Waals surface area (Å²) in [4.78, 5) is 19.7. The first-order chi connectivity index (χ1) is 17.0. The number of pyridine rings is 1. The van der Waals surface area contributed by atoms with Gasteiger partial charge in [-0.05, 0) is 38.2 Å². The van der Waals surface area contributed by atoms with Crippen molar-refractivity contribution in [1.82, 2.24) is 15.0 Å². The maximum atomic E-state index is 10.1. The zero-order valence-corrected chi connectivity index (χ0v) is 21.2. The number of aromatic nitrogens is 3. The molecule has 188 valence electrons. The van der Waals surface area contributed by atoms with Crippen molar-refractivity contribution in [3.8, 4) is 5.75 Å². The third-order valence-corrected chi connectivity index (χ3v) is 9.18. The molecule has 4 atom stereocenters. The summed E-state index contributed by atoms with van der Waals surface area (Å²) in [6.07, 6.45) is 6.80. The summed E-state index contributed by atoms with van der Waals surface area (Å²) in [6.45, 7) is 8.28. The van der Waals surface area contributed by atoms with Crippen LogP contribution in [0.25, 0.3) is 0 Å². The number of ether oxygens (including phenoxy) is 2. The van der Waals surface area contributed by atoms with Crippen molar-refractivity contribution in [2.24, 2.45) is 17.1 Å². The summed E-state index contributed by atoms with van der Waals surface area (Å²) in [5.41, 5.74) is 7.12. The Bertz CT molecular complexity index is 1090. The van der Waals surface area contributed by atoms with E-state index in [2.05, 4.69) is 28.6 Å². The summed E-state index contributed by atoms with van der Waals surface area (Å²) in [5, 5.41) is 10.9. The Morgan fingerprint density at radius 3 is 2.80 bits per heavy atom. The summed E-state index contributed by atoms with van der Waals surface area (Å²) < 4.78 is 12.0. The molecule has 0 aliphatic carbocycles. The van der Waals surface area contributed by atoms with Crippen LogP contribution in [-0.2, 0) is 11.3 Å². The molecular weight excluding hydrogens is 464 g/mol. The highest BCUT2D eigenvalue weighted by Gasteiger charge is 2.47. The van der Waals surface area contributed by atoms with Crippen molar-refractivity contribution < 1.29 is 14.6 Å². The summed E-state index contributed by atoms with van der Waals surface area (Å²) in [5.74, 6) is 3.15.